The first kappa shape index (κ1) is 18.8. The van der Waals surface area contributed by atoms with Crippen molar-refractivity contribution in [2.24, 2.45) is 11.1 Å². The van der Waals surface area contributed by atoms with Crippen LogP contribution in [0.2, 0.25) is 0 Å². The first-order valence-corrected chi connectivity index (χ1v) is 6.07. The second-order valence-electron chi connectivity index (χ2n) is 5.07. The number of halogens is 1. The summed E-state index contributed by atoms with van der Waals surface area (Å²) in [5.41, 5.74) is 6.50. The van der Waals surface area contributed by atoms with Gasteiger partial charge in [0.05, 0.1) is 26.9 Å². The molecule has 0 radical (unpaired) electrons. The van der Waals surface area contributed by atoms with Gasteiger partial charge in [0, 0.05) is 30.2 Å². The van der Waals surface area contributed by atoms with Crippen LogP contribution in [0.25, 0.3) is 0 Å². The molecule has 5 nitrogen and oxygen atoms in total. The molecule has 0 heterocycles. The lowest BCUT2D eigenvalue weighted by Gasteiger charge is -2.31. The Morgan fingerprint density at radius 2 is 1.55 bits per heavy atom. The molecule has 1 atom stereocenters. The molecule has 20 heavy (non-hydrogen) atoms. The summed E-state index contributed by atoms with van der Waals surface area (Å²) in [5.74, 6) is 1.81. The molecule has 0 fully saturated rings. The summed E-state index contributed by atoms with van der Waals surface area (Å²) in [6.45, 7) is 3.74. The summed E-state index contributed by atoms with van der Waals surface area (Å²) < 4.78 is 15.9. The average Bonchev–Trinajstić information content (AvgIpc) is 2.44. The van der Waals surface area contributed by atoms with Gasteiger partial charge in [-0.2, -0.15) is 0 Å². The zero-order chi connectivity index (χ0) is 14.6. The maximum absolute atomic E-state index is 9.47. The number of nitrogens with two attached hydrogens (primary N) is 1. The van der Waals surface area contributed by atoms with Crippen LogP contribution in [0.4, 0.5) is 0 Å². The average molecular weight is 306 g/mol. The highest BCUT2D eigenvalue weighted by atomic mass is 35.5. The van der Waals surface area contributed by atoms with E-state index in [0.717, 1.165) is 5.56 Å². The molecule has 1 rings (SSSR count). The fourth-order valence-corrected chi connectivity index (χ4v) is 1.83. The molecule has 0 aromatic heterocycles. The van der Waals surface area contributed by atoms with Crippen molar-refractivity contribution in [3.8, 4) is 17.2 Å². The maximum atomic E-state index is 9.47. The van der Waals surface area contributed by atoms with Crippen molar-refractivity contribution in [2.75, 3.05) is 27.9 Å². The van der Waals surface area contributed by atoms with Gasteiger partial charge >= 0.3 is 0 Å². The molecule has 0 amide bonds. The van der Waals surface area contributed by atoms with E-state index in [0.29, 0.717) is 17.2 Å². The monoisotopic (exact) mass is 305 g/mol. The Morgan fingerprint density at radius 1 is 1.10 bits per heavy atom. The van der Waals surface area contributed by atoms with Crippen LogP contribution in [0.15, 0.2) is 12.1 Å². The van der Waals surface area contributed by atoms with Crippen LogP contribution in [-0.2, 0) is 0 Å². The van der Waals surface area contributed by atoms with Crippen molar-refractivity contribution < 1.29 is 19.3 Å². The second-order valence-corrected chi connectivity index (χ2v) is 5.07. The molecule has 0 unspecified atom stereocenters. The van der Waals surface area contributed by atoms with E-state index >= 15 is 0 Å². The van der Waals surface area contributed by atoms with Crippen LogP contribution in [0.5, 0.6) is 17.2 Å². The van der Waals surface area contributed by atoms with E-state index in [2.05, 4.69) is 0 Å². The Kier molecular flexibility index (Phi) is 7.13. The van der Waals surface area contributed by atoms with E-state index in [1.54, 1.807) is 33.5 Å². The molecule has 0 spiro atoms. The van der Waals surface area contributed by atoms with Gasteiger partial charge in [0.15, 0.2) is 0 Å². The lowest BCUT2D eigenvalue weighted by atomic mass is 9.81. The second kappa shape index (κ2) is 7.57. The molecule has 0 bridgehead atoms. The van der Waals surface area contributed by atoms with E-state index in [9.17, 15) is 5.11 Å². The topological polar surface area (TPSA) is 73.9 Å². The molecule has 3 N–H and O–H groups in total. The van der Waals surface area contributed by atoms with Crippen molar-refractivity contribution in [1.82, 2.24) is 0 Å². The van der Waals surface area contributed by atoms with Gasteiger partial charge in [-0.05, 0) is 0 Å². The quantitative estimate of drug-likeness (QED) is 0.842. The first-order valence-electron chi connectivity index (χ1n) is 6.07. The van der Waals surface area contributed by atoms with E-state index < -0.39 is 11.5 Å². The third-order valence-electron chi connectivity index (χ3n) is 3.31. The van der Waals surface area contributed by atoms with Gasteiger partial charge in [0.25, 0.3) is 0 Å². The molecule has 6 heteroatoms. The normalized spacial score (nSPS) is 12.3. The van der Waals surface area contributed by atoms with Crippen LogP contribution in [0, 0.1) is 5.41 Å². The highest BCUT2D eigenvalue weighted by Crippen LogP contribution is 2.43. The van der Waals surface area contributed by atoms with Gasteiger partial charge in [-0.1, -0.05) is 13.8 Å². The van der Waals surface area contributed by atoms with Crippen molar-refractivity contribution in [2.45, 2.75) is 19.9 Å². The molecular weight excluding hydrogens is 282 g/mol. The Bertz CT molecular complexity index is 412. The van der Waals surface area contributed by atoms with Gasteiger partial charge in [0.2, 0.25) is 0 Å². The summed E-state index contributed by atoms with van der Waals surface area (Å²) in [7, 11) is 4.71. The van der Waals surface area contributed by atoms with Crippen LogP contribution in [0.3, 0.4) is 0 Å². The molecule has 0 aliphatic heterocycles. The molecule has 116 valence electrons. The molecule has 0 saturated heterocycles. The number of methoxy groups -OCH3 is 3. The van der Waals surface area contributed by atoms with E-state index in [4.69, 9.17) is 19.9 Å². The van der Waals surface area contributed by atoms with Gasteiger partial charge in [0.1, 0.15) is 17.2 Å². The molecule has 1 aromatic carbocycles. The van der Waals surface area contributed by atoms with E-state index in [-0.39, 0.29) is 19.0 Å². The third kappa shape index (κ3) is 3.69. The minimum absolute atomic E-state index is 0. The zero-order valence-electron chi connectivity index (χ0n) is 12.6. The van der Waals surface area contributed by atoms with Crippen LogP contribution < -0.4 is 19.9 Å². The Morgan fingerprint density at radius 3 is 1.85 bits per heavy atom. The first-order chi connectivity index (χ1) is 8.91. The van der Waals surface area contributed by atoms with E-state index in [1.165, 1.54) is 0 Å². The number of ether oxygens (including phenoxy) is 3. The molecule has 1 aromatic rings. The van der Waals surface area contributed by atoms with Crippen molar-refractivity contribution in [3.63, 3.8) is 0 Å². The lowest BCUT2D eigenvalue weighted by molar-refractivity contribution is 0.129. The molecule has 0 saturated carbocycles. The summed E-state index contributed by atoms with van der Waals surface area (Å²) in [4.78, 5) is 0. The Balaban J connectivity index is 0.00000361. The van der Waals surface area contributed by atoms with Crippen molar-refractivity contribution >= 4 is 12.4 Å². The SMILES string of the molecule is COc1cc(OC)c([C@H](N)C(C)(C)CO)c(OC)c1.Cl. The predicted octanol–water partition coefficient (Wildman–Crippen LogP) is 2.15. The van der Waals surface area contributed by atoms with Gasteiger partial charge in [-0.15, -0.1) is 12.4 Å². The summed E-state index contributed by atoms with van der Waals surface area (Å²) in [5, 5.41) is 9.47. The fourth-order valence-electron chi connectivity index (χ4n) is 1.83. The van der Waals surface area contributed by atoms with Crippen LogP contribution in [-0.4, -0.2) is 33.0 Å². The minimum Gasteiger partial charge on any atom is -0.496 e. The van der Waals surface area contributed by atoms with Gasteiger partial charge in [-0.3, -0.25) is 0 Å². The van der Waals surface area contributed by atoms with Crippen LogP contribution >= 0.6 is 12.4 Å². The minimum atomic E-state index is -0.491. The lowest BCUT2D eigenvalue weighted by Crippen LogP contribution is -2.33. The number of aliphatic hydroxyl groups is 1. The molecular formula is C14H24ClNO4. The van der Waals surface area contributed by atoms with Gasteiger partial charge < -0.3 is 25.1 Å². The van der Waals surface area contributed by atoms with Crippen molar-refractivity contribution in [3.05, 3.63) is 17.7 Å². The third-order valence-corrected chi connectivity index (χ3v) is 3.31. The highest BCUT2D eigenvalue weighted by Gasteiger charge is 2.32. The number of aliphatic hydroxyl groups excluding tert-OH is 1. The fraction of sp³-hybridized carbons (Fsp3) is 0.571. The summed E-state index contributed by atoms with van der Waals surface area (Å²) in [6, 6.07) is 3.09. The largest absolute Gasteiger partial charge is 0.496 e. The number of rotatable bonds is 6. The summed E-state index contributed by atoms with van der Waals surface area (Å²) >= 11 is 0. The number of hydrogen-bond acceptors (Lipinski definition) is 5. The highest BCUT2D eigenvalue weighted by molar-refractivity contribution is 5.85. The smallest absolute Gasteiger partial charge is 0.131 e. The summed E-state index contributed by atoms with van der Waals surface area (Å²) in [6.07, 6.45) is 0. The zero-order valence-corrected chi connectivity index (χ0v) is 13.4. The number of hydrogen-bond donors (Lipinski definition) is 2. The van der Waals surface area contributed by atoms with Crippen molar-refractivity contribution in [1.29, 1.82) is 0 Å². The number of benzene rings is 1. The maximum Gasteiger partial charge on any atom is 0.131 e. The molecule has 0 aliphatic rings. The standard InChI is InChI=1S/C14H23NO4.ClH/c1-14(2,8-16)13(15)12-10(18-4)6-9(17-3)7-11(12)19-5;/h6-7,13,16H,8,15H2,1-5H3;1H/t13-;/m0./s1. The Hall–Kier alpha value is -1.17. The molecule has 0 aliphatic carbocycles. The van der Waals surface area contributed by atoms with Gasteiger partial charge in [-0.25, -0.2) is 0 Å². The predicted molar refractivity (Wildman–Crippen MR) is 81.1 cm³/mol. The van der Waals surface area contributed by atoms with E-state index in [1.807, 2.05) is 13.8 Å². The Labute approximate surface area is 126 Å². The van der Waals surface area contributed by atoms with Crippen LogP contribution in [0.1, 0.15) is 25.5 Å².